The molecule has 0 spiro atoms. The zero-order valence-corrected chi connectivity index (χ0v) is 17.4. The van der Waals surface area contributed by atoms with Gasteiger partial charge in [0.15, 0.2) is 0 Å². The first-order valence-electron chi connectivity index (χ1n) is 10.0. The number of rotatable bonds is 9. The maximum absolute atomic E-state index is 12.9. The molecule has 7 N–H and O–H groups in total. The van der Waals surface area contributed by atoms with Crippen LogP contribution in [0.1, 0.15) is 18.1 Å². The average Bonchev–Trinajstić information content (AvgIpc) is 3.15. The number of hydrogen-bond donors (Lipinski definition) is 5. The van der Waals surface area contributed by atoms with Crippen molar-refractivity contribution < 1.29 is 14.4 Å². The van der Waals surface area contributed by atoms with Crippen LogP contribution in [0.15, 0.2) is 60.8 Å². The van der Waals surface area contributed by atoms with E-state index in [1.807, 2.05) is 60.8 Å². The standard InChI is InChI=1S/C23H27N5O3/c1-23(22(31)27-14-20(25)29,12-15-7-3-2-4-8-15)28-21(30)18(24)11-16-13-26-19-10-6-5-9-17(16)19/h2-10,13,18,26H,11-12,14,24H2,1H3,(H2,25,29)(H,27,31)(H,28,30). The number of benzene rings is 2. The molecule has 1 aromatic heterocycles. The molecule has 3 amide bonds. The smallest absolute Gasteiger partial charge is 0.246 e. The SMILES string of the molecule is CC(Cc1ccccc1)(NC(=O)C(N)Cc1c[nH]c2ccccc12)C(=O)NCC(N)=O. The summed E-state index contributed by atoms with van der Waals surface area (Å²) in [6.07, 6.45) is 2.37. The molecule has 0 bridgehead atoms. The third-order valence-electron chi connectivity index (χ3n) is 5.18. The highest BCUT2D eigenvalue weighted by Crippen LogP contribution is 2.19. The van der Waals surface area contributed by atoms with Crippen LogP contribution >= 0.6 is 0 Å². The molecule has 3 aromatic rings. The lowest BCUT2D eigenvalue weighted by atomic mass is 9.90. The fourth-order valence-corrected chi connectivity index (χ4v) is 3.54. The van der Waals surface area contributed by atoms with Gasteiger partial charge in [0.1, 0.15) is 5.54 Å². The summed E-state index contributed by atoms with van der Waals surface area (Å²) in [5, 5.41) is 6.27. The molecular formula is C23H27N5O3. The van der Waals surface area contributed by atoms with E-state index >= 15 is 0 Å². The molecule has 0 saturated heterocycles. The summed E-state index contributed by atoms with van der Waals surface area (Å²) in [4.78, 5) is 40.0. The van der Waals surface area contributed by atoms with Crippen LogP contribution in [0.4, 0.5) is 0 Å². The molecule has 2 unspecified atom stereocenters. The highest BCUT2D eigenvalue weighted by Gasteiger charge is 2.36. The van der Waals surface area contributed by atoms with Crippen molar-refractivity contribution in [3.63, 3.8) is 0 Å². The van der Waals surface area contributed by atoms with Gasteiger partial charge in [0.05, 0.1) is 12.6 Å². The minimum atomic E-state index is -1.31. The van der Waals surface area contributed by atoms with E-state index in [0.29, 0.717) is 6.42 Å². The molecule has 0 aliphatic heterocycles. The van der Waals surface area contributed by atoms with Gasteiger partial charge in [0.25, 0.3) is 0 Å². The van der Waals surface area contributed by atoms with Crippen molar-refractivity contribution in [2.75, 3.05) is 6.54 Å². The van der Waals surface area contributed by atoms with Crippen molar-refractivity contribution in [2.45, 2.75) is 31.3 Å². The summed E-state index contributed by atoms with van der Waals surface area (Å²) in [5.41, 5.74) is 12.8. The van der Waals surface area contributed by atoms with Gasteiger partial charge in [-0.15, -0.1) is 0 Å². The van der Waals surface area contributed by atoms with Gasteiger partial charge in [0, 0.05) is 23.5 Å². The molecule has 0 aliphatic rings. The molecule has 162 valence electrons. The first-order valence-corrected chi connectivity index (χ1v) is 10.0. The Morgan fingerprint density at radius 1 is 1.06 bits per heavy atom. The maximum atomic E-state index is 12.9. The van der Waals surface area contributed by atoms with E-state index in [0.717, 1.165) is 22.0 Å². The van der Waals surface area contributed by atoms with E-state index in [9.17, 15) is 14.4 Å². The molecule has 3 rings (SSSR count). The van der Waals surface area contributed by atoms with Gasteiger partial charge in [-0.3, -0.25) is 14.4 Å². The van der Waals surface area contributed by atoms with Crippen molar-refractivity contribution in [3.8, 4) is 0 Å². The summed E-state index contributed by atoms with van der Waals surface area (Å²) < 4.78 is 0. The fraction of sp³-hybridized carbons (Fsp3) is 0.261. The van der Waals surface area contributed by atoms with Crippen LogP contribution < -0.4 is 22.1 Å². The highest BCUT2D eigenvalue weighted by molar-refractivity contribution is 5.95. The summed E-state index contributed by atoms with van der Waals surface area (Å²) in [6, 6.07) is 16.2. The van der Waals surface area contributed by atoms with Crippen LogP contribution in [-0.2, 0) is 27.2 Å². The number of fused-ring (bicyclic) bond motifs is 1. The number of H-pyrrole nitrogens is 1. The second kappa shape index (κ2) is 9.44. The summed E-state index contributed by atoms with van der Waals surface area (Å²) in [7, 11) is 0. The largest absolute Gasteiger partial charge is 0.368 e. The topological polar surface area (TPSA) is 143 Å². The van der Waals surface area contributed by atoms with Gasteiger partial charge >= 0.3 is 0 Å². The van der Waals surface area contributed by atoms with Crippen LogP contribution in [0, 0.1) is 0 Å². The van der Waals surface area contributed by atoms with Crippen molar-refractivity contribution in [1.82, 2.24) is 15.6 Å². The molecular weight excluding hydrogens is 394 g/mol. The van der Waals surface area contributed by atoms with Crippen molar-refractivity contribution in [1.29, 1.82) is 0 Å². The number of nitrogens with one attached hydrogen (secondary N) is 3. The molecule has 8 nitrogen and oxygen atoms in total. The Morgan fingerprint density at radius 3 is 2.45 bits per heavy atom. The predicted molar refractivity (Wildman–Crippen MR) is 119 cm³/mol. The molecule has 2 atom stereocenters. The monoisotopic (exact) mass is 421 g/mol. The Bertz CT molecular complexity index is 1080. The Balaban J connectivity index is 1.76. The third kappa shape index (κ3) is 5.49. The highest BCUT2D eigenvalue weighted by atomic mass is 16.2. The lowest BCUT2D eigenvalue weighted by molar-refractivity contribution is -0.134. The molecule has 0 aliphatic carbocycles. The number of hydrogen-bond acceptors (Lipinski definition) is 4. The number of carbonyl (C=O) groups is 3. The number of amides is 3. The van der Waals surface area contributed by atoms with Crippen LogP contribution in [-0.4, -0.2) is 40.8 Å². The van der Waals surface area contributed by atoms with Gasteiger partial charge in [-0.2, -0.15) is 0 Å². The van der Waals surface area contributed by atoms with Gasteiger partial charge in [-0.1, -0.05) is 48.5 Å². The lowest BCUT2D eigenvalue weighted by Crippen LogP contribution is -2.61. The van der Waals surface area contributed by atoms with Gasteiger partial charge in [-0.25, -0.2) is 0 Å². The van der Waals surface area contributed by atoms with Crippen LogP contribution in [0.3, 0.4) is 0 Å². The minimum Gasteiger partial charge on any atom is -0.368 e. The molecule has 2 aromatic carbocycles. The second-order valence-corrected chi connectivity index (χ2v) is 7.80. The molecule has 8 heteroatoms. The van der Waals surface area contributed by atoms with E-state index in [1.54, 1.807) is 6.92 Å². The number of aromatic amines is 1. The Morgan fingerprint density at radius 2 is 1.74 bits per heavy atom. The molecule has 0 saturated carbocycles. The fourth-order valence-electron chi connectivity index (χ4n) is 3.54. The van der Waals surface area contributed by atoms with Crippen LogP contribution in [0.25, 0.3) is 10.9 Å². The van der Waals surface area contributed by atoms with E-state index in [2.05, 4.69) is 15.6 Å². The quantitative estimate of drug-likeness (QED) is 0.347. The molecule has 1 heterocycles. The number of primary amides is 1. The summed E-state index contributed by atoms with van der Waals surface area (Å²) in [6.45, 7) is 1.28. The minimum absolute atomic E-state index is 0.226. The van der Waals surface area contributed by atoms with Crippen molar-refractivity contribution in [3.05, 3.63) is 71.9 Å². The van der Waals surface area contributed by atoms with E-state index in [-0.39, 0.29) is 13.0 Å². The lowest BCUT2D eigenvalue weighted by Gasteiger charge is -2.31. The van der Waals surface area contributed by atoms with Gasteiger partial charge < -0.3 is 27.1 Å². The molecule has 0 radical (unpaired) electrons. The summed E-state index contributed by atoms with van der Waals surface area (Å²) >= 11 is 0. The molecule has 0 fully saturated rings. The first kappa shape index (κ1) is 22.0. The van der Waals surface area contributed by atoms with Gasteiger partial charge in [0.2, 0.25) is 17.7 Å². The normalized spacial score (nSPS) is 13.9. The van der Waals surface area contributed by atoms with E-state index in [4.69, 9.17) is 11.5 Å². The first-order chi connectivity index (χ1) is 14.8. The third-order valence-corrected chi connectivity index (χ3v) is 5.18. The zero-order chi connectivity index (χ0) is 22.4. The van der Waals surface area contributed by atoms with Crippen molar-refractivity contribution >= 4 is 28.6 Å². The number of nitrogens with two attached hydrogens (primary N) is 2. The predicted octanol–water partition coefficient (Wildman–Crippen LogP) is 0.757. The Kier molecular flexibility index (Phi) is 6.71. The number of aromatic nitrogens is 1. The Hall–Kier alpha value is -3.65. The van der Waals surface area contributed by atoms with Crippen LogP contribution in [0.5, 0.6) is 0 Å². The molecule has 31 heavy (non-hydrogen) atoms. The number of carbonyl (C=O) groups excluding carboxylic acids is 3. The van der Waals surface area contributed by atoms with E-state index in [1.165, 1.54) is 0 Å². The average molecular weight is 422 g/mol. The summed E-state index contributed by atoms with van der Waals surface area (Å²) in [5.74, 6) is -1.64. The number of para-hydroxylation sites is 1. The Labute approximate surface area is 180 Å². The second-order valence-electron chi connectivity index (χ2n) is 7.80. The van der Waals surface area contributed by atoms with Crippen molar-refractivity contribution in [2.24, 2.45) is 11.5 Å². The maximum Gasteiger partial charge on any atom is 0.246 e. The van der Waals surface area contributed by atoms with Gasteiger partial charge in [-0.05, 0) is 30.5 Å². The van der Waals surface area contributed by atoms with E-state index < -0.39 is 29.3 Å². The van der Waals surface area contributed by atoms with Crippen LogP contribution in [0.2, 0.25) is 0 Å². The zero-order valence-electron chi connectivity index (χ0n) is 17.4.